The molecule has 0 aromatic carbocycles. The van der Waals surface area contributed by atoms with Crippen LogP contribution in [0.3, 0.4) is 0 Å². The van der Waals surface area contributed by atoms with Crippen molar-refractivity contribution in [1.29, 1.82) is 0 Å². The first kappa shape index (κ1) is 12.5. The summed E-state index contributed by atoms with van der Waals surface area (Å²) in [5.74, 6) is 0.929. The van der Waals surface area contributed by atoms with Gasteiger partial charge in [-0.05, 0) is 25.3 Å². The average molecular weight is 247 g/mol. The predicted molar refractivity (Wildman–Crippen MR) is 66.0 cm³/mol. The van der Waals surface area contributed by atoms with Crippen molar-refractivity contribution >= 4 is 30.0 Å². The fourth-order valence-corrected chi connectivity index (χ4v) is 1.86. The van der Waals surface area contributed by atoms with Gasteiger partial charge in [-0.2, -0.15) is 0 Å². The lowest BCUT2D eigenvalue weighted by atomic mass is 10.2. The van der Waals surface area contributed by atoms with E-state index in [0.717, 1.165) is 24.1 Å². The molecule has 1 saturated heterocycles. The van der Waals surface area contributed by atoms with Crippen LogP contribution < -0.4 is 10.6 Å². The predicted octanol–water partition coefficient (Wildman–Crippen LogP) is 1.39. The summed E-state index contributed by atoms with van der Waals surface area (Å²) in [5, 5.41) is 7.52. The van der Waals surface area contributed by atoms with Gasteiger partial charge in [-0.1, -0.05) is 11.8 Å². The monoisotopic (exact) mass is 246 g/mol. The lowest BCUT2D eigenvalue weighted by Crippen LogP contribution is -2.22. The molecule has 4 nitrogen and oxygen atoms in total. The number of aromatic nitrogens is 2. The van der Waals surface area contributed by atoms with E-state index < -0.39 is 0 Å². The van der Waals surface area contributed by atoms with Crippen LogP contribution in [0.15, 0.2) is 17.4 Å². The summed E-state index contributed by atoms with van der Waals surface area (Å²) in [6.07, 6.45) is 4.94. The molecule has 1 aromatic rings. The molecule has 1 fully saturated rings. The van der Waals surface area contributed by atoms with Crippen LogP contribution in [0.4, 0.5) is 5.82 Å². The van der Waals surface area contributed by atoms with Crippen LogP contribution in [0.2, 0.25) is 0 Å². The van der Waals surface area contributed by atoms with Crippen molar-refractivity contribution in [1.82, 2.24) is 15.3 Å². The van der Waals surface area contributed by atoms with Crippen molar-refractivity contribution in [2.45, 2.75) is 17.6 Å². The molecule has 0 amide bonds. The summed E-state index contributed by atoms with van der Waals surface area (Å²) in [7, 11) is 0. The fraction of sp³-hybridized carbons (Fsp3) is 0.556. The Bertz CT molecular complexity index is 304. The molecule has 0 saturated carbocycles. The van der Waals surface area contributed by atoms with E-state index >= 15 is 0 Å². The second kappa shape index (κ2) is 6.15. The molecule has 1 atom stereocenters. The number of halogens is 1. The molecule has 1 aliphatic rings. The van der Waals surface area contributed by atoms with Crippen LogP contribution >= 0.6 is 24.2 Å². The Morgan fingerprint density at radius 3 is 3.13 bits per heavy atom. The van der Waals surface area contributed by atoms with E-state index in [-0.39, 0.29) is 12.4 Å². The highest BCUT2D eigenvalue weighted by atomic mass is 35.5. The number of hydrogen-bond donors (Lipinski definition) is 2. The Kier molecular flexibility index (Phi) is 5.14. The zero-order chi connectivity index (χ0) is 9.80. The minimum absolute atomic E-state index is 0. The zero-order valence-corrected chi connectivity index (χ0v) is 10.2. The highest BCUT2D eigenvalue weighted by Gasteiger charge is 2.14. The minimum Gasteiger partial charge on any atom is -0.366 e. The molecule has 2 rings (SSSR count). The molecule has 15 heavy (non-hydrogen) atoms. The van der Waals surface area contributed by atoms with Crippen molar-refractivity contribution in [2.75, 3.05) is 24.7 Å². The molecule has 0 unspecified atom stereocenters. The second-order valence-electron chi connectivity index (χ2n) is 3.26. The van der Waals surface area contributed by atoms with Crippen LogP contribution in [0.5, 0.6) is 0 Å². The number of rotatable bonds is 3. The Morgan fingerprint density at radius 2 is 2.47 bits per heavy atom. The van der Waals surface area contributed by atoms with E-state index in [9.17, 15) is 0 Å². The van der Waals surface area contributed by atoms with Crippen molar-refractivity contribution in [2.24, 2.45) is 0 Å². The van der Waals surface area contributed by atoms with Gasteiger partial charge in [-0.3, -0.25) is 0 Å². The third-order valence-corrected chi connectivity index (χ3v) is 2.79. The van der Waals surface area contributed by atoms with Gasteiger partial charge in [0.15, 0.2) is 5.16 Å². The third kappa shape index (κ3) is 3.52. The summed E-state index contributed by atoms with van der Waals surface area (Å²) in [6, 6.07) is 2.43. The highest BCUT2D eigenvalue weighted by Crippen LogP contribution is 2.12. The minimum atomic E-state index is 0. The molecule has 0 bridgehead atoms. The van der Waals surface area contributed by atoms with E-state index in [1.54, 1.807) is 18.0 Å². The topological polar surface area (TPSA) is 49.8 Å². The third-order valence-electron chi connectivity index (χ3n) is 2.23. The van der Waals surface area contributed by atoms with Gasteiger partial charge >= 0.3 is 0 Å². The fourth-order valence-electron chi connectivity index (χ4n) is 1.51. The molecule has 0 spiro atoms. The SMILES string of the molecule is CSc1nccc(N[C@H]2CCNC2)n1.Cl. The summed E-state index contributed by atoms with van der Waals surface area (Å²) < 4.78 is 0. The lowest BCUT2D eigenvalue weighted by Gasteiger charge is -2.11. The van der Waals surface area contributed by atoms with Gasteiger partial charge in [0.2, 0.25) is 0 Å². The molecule has 0 aliphatic carbocycles. The van der Waals surface area contributed by atoms with E-state index in [0.29, 0.717) is 6.04 Å². The van der Waals surface area contributed by atoms with Crippen LogP contribution in [-0.4, -0.2) is 35.4 Å². The largest absolute Gasteiger partial charge is 0.366 e. The van der Waals surface area contributed by atoms with Crippen LogP contribution in [-0.2, 0) is 0 Å². The quantitative estimate of drug-likeness (QED) is 0.624. The van der Waals surface area contributed by atoms with Crippen molar-refractivity contribution in [3.05, 3.63) is 12.3 Å². The average Bonchev–Trinajstić information content (AvgIpc) is 2.71. The van der Waals surface area contributed by atoms with E-state index in [1.165, 1.54) is 6.42 Å². The Hall–Kier alpha value is -0.520. The van der Waals surface area contributed by atoms with Gasteiger partial charge in [0.05, 0.1) is 0 Å². The molecule has 1 aliphatic heterocycles. The van der Waals surface area contributed by atoms with Gasteiger partial charge in [-0.15, -0.1) is 12.4 Å². The maximum Gasteiger partial charge on any atom is 0.189 e. The van der Waals surface area contributed by atoms with E-state index in [2.05, 4.69) is 20.6 Å². The Balaban J connectivity index is 0.00000112. The second-order valence-corrected chi connectivity index (χ2v) is 4.04. The molecular weight excluding hydrogens is 232 g/mol. The normalized spacial score (nSPS) is 19.7. The standard InChI is InChI=1S/C9H14N4S.ClH/c1-14-9-11-5-3-8(13-9)12-7-2-4-10-6-7;/h3,5,7,10H,2,4,6H2,1H3,(H,11,12,13);1H/t7-;/m0./s1. The van der Waals surface area contributed by atoms with Crippen LogP contribution in [0.25, 0.3) is 0 Å². The number of thioether (sulfide) groups is 1. The Labute approximate surface area is 100 Å². The van der Waals surface area contributed by atoms with E-state index in [1.807, 2.05) is 12.3 Å². The molecule has 2 N–H and O–H groups in total. The first-order chi connectivity index (χ1) is 6.88. The van der Waals surface area contributed by atoms with Crippen LogP contribution in [0, 0.1) is 0 Å². The summed E-state index contributed by atoms with van der Waals surface area (Å²) in [6.45, 7) is 2.12. The van der Waals surface area contributed by atoms with E-state index in [4.69, 9.17) is 0 Å². The Morgan fingerprint density at radius 1 is 1.60 bits per heavy atom. The molecule has 1 aromatic heterocycles. The molecular formula is C9H15ClN4S. The maximum atomic E-state index is 4.37. The summed E-state index contributed by atoms with van der Waals surface area (Å²) >= 11 is 1.56. The van der Waals surface area contributed by atoms with Crippen molar-refractivity contribution < 1.29 is 0 Å². The van der Waals surface area contributed by atoms with Gasteiger partial charge in [0, 0.05) is 18.8 Å². The van der Waals surface area contributed by atoms with Gasteiger partial charge in [0.25, 0.3) is 0 Å². The first-order valence-corrected chi connectivity index (χ1v) is 5.95. The zero-order valence-electron chi connectivity index (χ0n) is 8.56. The molecule has 6 heteroatoms. The number of nitrogens with one attached hydrogen (secondary N) is 2. The highest BCUT2D eigenvalue weighted by molar-refractivity contribution is 7.98. The number of hydrogen-bond acceptors (Lipinski definition) is 5. The van der Waals surface area contributed by atoms with Gasteiger partial charge in [-0.25, -0.2) is 9.97 Å². The van der Waals surface area contributed by atoms with Crippen LogP contribution in [0.1, 0.15) is 6.42 Å². The first-order valence-electron chi connectivity index (χ1n) is 4.73. The molecule has 0 radical (unpaired) electrons. The van der Waals surface area contributed by atoms with Gasteiger partial charge < -0.3 is 10.6 Å². The number of nitrogens with zero attached hydrogens (tertiary/aromatic N) is 2. The smallest absolute Gasteiger partial charge is 0.189 e. The van der Waals surface area contributed by atoms with Crippen molar-refractivity contribution in [3.8, 4) is 0 Å². The lowest BCUT2D eigenvalue weighted by molar-refractivity contribution is 0.781. The molecule has 84 valence electrons. The van der Waals surface area contributed by atoms with Crippen molar-refractivity contribution in [3.63, 3.8) is 0 Å². The van der Waals surface area contributed by atoms with Gasteiger partial charge in [0.1, 0.15) is 5.82 Å². The molecule has 2 heterocycles. The maximum absolute atomic E-state index is 4.37. The summed E-state index contributed by atoms with van der Waals surface area (Å²) in [4.78, 5) is 8.50. The summed E-state index contributed by atoms with van der Waals surface area (Å²) in [5.41, 5.74) is 0. The number of anilines is 1.